The fourth-order valence-electron chi connectivity index (χ4n) is 3.23. The number of ketones is 1. The van der Waals surface area contributed by atoms with Crippen LogP contribution in [0.2, 0.25) is 0 Å². The largest absolute Gasteiger partial charge is 0.296 e. The first-order chi connectivity index (χ1) is 10.6. The maximum atomic E-state index is 12.5. The fraction of sp³-hybridized carbons (Fsp3) is 0.235. The van der Waals surface area contributed by atoms with Crippen molar-refractivity contribution in [1.82, 2.24) is 9.38 Å². The van der Waals surface area contributed by atoms with Crippen LogP contribution in [-0.2, 0) is 12.8 Å². The summed E-state index contributed by atoms with van der Waals surface area (Å²) in [6.45, 7) is 1.92. The molecule has 1 aliphatic rings. The van der Waals surface area contributed by atoms with Crippen LogP contribution in [0.3, 0.4) is 0 Å². The first-order valence-corrected chi connectivity index (χ1v) is 8.10. The number of carbonyl (C=O) groups is 1. The molecule has 0 radical (unpaired) electrons. The fourth-order valence-corrected chi connectivity index (χ4v) is 3.98. The van der Waals surface area contributed by atoms with E-state index in [2.05, 4.69) is 4.98 Å². The Morgan fingerprint density at radius 1 is 1.32 bits per heavy atom. The Labute approximate surface area is 131 Å². The van der Waals surface area contributed by atoms with Gasteiger partial charge in [0.25, 0.3) is 5.56 Å². The average molecular weight is 310 g/mol. The Morgan fingerprint density at radius 2 is 2.14 bits per heavy atom. The van der Waals surface area contributed by atoms with E-state index in [4.69, 9.17) is 0 Å². The van der Waals surface area contributed by atoms with E-state index >= 15 is 0 Å². The summed E-state index contributed by atoms with van der Waals surface area (Å²) in [5.41, 5.74) is 3.22. The van der Waals surface area contributed by atoms with Gasteiger partial charge >= 0.3 is 0 Å². The van der Waals surface area contributed by atoms with Crippen molar-refractivity contribution in [3.63, 3.8) is 0 Å². The maximum absolute atomic E-state index is 12.5. The lowest BCUT2D eigenvalue weighted by Gasteiger charge is -2.10. The van der Waals surface area contributed by atoms with Gasteiger partial charge < -0.3 is 0 Å². The molecular weight excluding hydrogens is 296 g/mol. The van der Waals surface area contributed by atoms with E-state index < -0.39 is 0 Å². The third-order valence-corrected chi connectivity index (χ3v) is 5.17. The van der Waals surface area contributed by atoms with Crippen molar-refractivity contribution < 1.29 is 4.79 Å². The Balaban J connectivity index is 1.74. The summed E-state index contributed by atoms with van der Waals surface area (Å²) in [5, 5.41) is 1.91. The number of hydrogen-bond acceptors (Lipinski definition) is 4. The van der Waals surface area contributed by atoms with Gasteiger partial charge in [0, 0.05) is 34.3 Å². The molecule has 1 unspecified atom stereocenters. The van der Waals surface area contributed by atoms with E-state index in [1.165, 1.54) is 11.3 Å². The maximum Gasteiger partial charge on any atom is 0.277 e. The Kier molecular flexibility index (Phi) is 2.97. The molecule has 0 aliphatic heterocycles. The standard InChI is InChI=1S/C17H14N2O2S/c1-10-14(16(21)18-17-19(10)6-7-22-17)9-12-8-11-4-2-3-5-13(11)15(12)20/h2-7,12H,8-9H2,1H3. The highest BCUT2D eigenvalue weighted by molar-refractivity contribution is 7.15. The highest BCUT2D eigenvalue weighted by Crippen LogP contribution is 2.29. The predicted molar refractivity (Wildman–Crippen MR) is 85.7 cm³/mol. The van der Waals surface area contributed by atoms with Gasteiger partial charge in [-0.25, -0.2) is 0 Å². The summed E-state index contributed by atoms with van der Waals surface area (Å²) in [6.07, 6.45) is 3.08. The Hall–Kier alpha value is -2.27. The number of nitrogens with zero attached hydrogens (tertiary/aromatic N) is 2. The van der Waals surface area contributed by atoms with E-state index in [0.29, 0.717) is 23.4 Å². The number of thiazole rings is 1. The Morgan fingerprint density at radius 3 is 2.95 bits per heavy atom. The zero-order chi connectivity index (χ0) is 15.3. The number of hydrogen-bond donors (Lipinski definition) is 0. The lowest BCUT2D eigenvalue weighted by Crippen LogP contribution is -2.23. The molecule has 0 saturated heterocycles. The molecule has 0 spiro atoms. The zero-order valence-electron chi connectivity index (χ0n) is 12.1. The molecule has 2 aromatic heterocycles. The van der Waals surface area contributed by atoms with Gasteiger partial charge in [0.15, 0.2) is 10.7 Å². The third kappa shape index (κ3) is 1.93. The summed E-state index contributed by atoms with van der Waals surface area (Å²) < 4.78 is 1.92. The molecule has 4 rings (SSSR count). The summed E-state index contributed by atoms with van der Waals surface area (Å²) in [4.78, 5) is 29.6. The minimum Gasteiger partial charge on any atom is -0.296 e. The smallest absolute Gasteiger partial charge is 0.277 e. The van der Waals surface area contributed by atoms with E-state index in [1.54, 1.807) is 0 Å². The van der Waals surface area contributed by atoms with Gasteiger partial charge in [-0.1, -0.05) is 24.3 Å². The molecule has 1 atom stereocenters. The highest BCUT2D eigenvalue weighted by atomic mass is 32.1. The molecule has 3 aromatic rings. The third-order valence-electron chi connectivity index (χ3n) is 4.41. The van der Waals surface area contributed by atoms with Gasteiger partial charge in [0.1, 0.15) is 0 Å². The quantitative estimate of drug-likeness (QED) is 0.731. The van der Waals surface area contributed by atoms with E-state index in [-0.39, 0.29) is 17.3 Å². The number of aromatic nitrogens is 2. The van der Waals surface area contributed by atoms with Gasteiger partial charge in [0.05, 0.1) is 0 Å². The van der Waals surface area contributed by atoms with Gasteiger partial charge in [-0.05, 0) is 25.3 Å². The van der Waals surface area contributed by atoms with Crippen molar-refractivity contribution in [2.45, 2.75) is 19.8 Å². The molecule has 110 valence electrons. The molecule has 1 aliphatic carbocycles. The molecule has 0 fully saturated rings. The summed E-state index contributed by atoms with van der Waals surface area (Å²) in [6, 6.07) is 7.71. The molecule has 22 heavy (non-hydrogen) atoms. The molecule has 0 saturated carbocycles. The molecule has 0 bridgehead atoms. The second kappa shape index (κ2) is 4.88. The first-order valence-electron chi connectivity index (χ1n) is 7.22. The van der Waals surface area contributed by atoms with Crippen LogP contribution in [0.4, 0.5) is 0 Å². The van der Waals surface area contributed by atoms with Gasteiger partial charge in [-0.15, -0.1) is 11.3 Å². The van der Waals surface area contributed by atoms with Crippen LogP contribution >= 0.6 is 11.3 Å². The van der Waals surface area contributed by atoms with Crippen LogP contribution in [0.5, 0.6) is 0 Å². The topological polar surface area (TPSA) is 51.4 Å². The molecule has 0 N–H and O–H groups in total. The number of benzene rings is 1. The van der Waals surface area contributed by atoms with E-state index in [1.807, 2.05) is 47.2 Å². The van der Waals surface area contributed by atoms with Crippen molar-refractivity contribution >= 4 is 22.1 Å². The van der Waals surface area contributed by atoms with Crippen LogP contribution in [0.15, 0.2) is 40.6 Å². The number of rotatable bonds is 2. The predicted octanol–water partition coefficient (Wildman–Crippen LogP) is 2.66. The summed E-state index contributed by atoms with van der Waals surface area (Å²) >= 11 is 1.44. The SMILES string of the molecule is Cc1c(CC2Cc3ccccc3C2=O)c(=O)nc2sccn12. The minimum atomic E-state index is -0.205. The molecular formula is C17H14N2O2S. The molecule has 1 aromatic carbocycles. The number of fused-ring (bicyclic) bond motifs is 2. The van der Waals surface area contributed by atoms with Crippen LogP contribution in [0, 0.1) is 12.8 Å². The van der Waals surface area contributed by atoms with E-state index in [9.17, 15) is 9.59 Å². The van der Waals surface area contributed by atoms with Crippen LogP contribution in [0.1, 0.15) is 27.2 Å². The number of Topliss-reactive ketones (excluding diaryl/α,β-unsaturated/α-hetero) is 1. The Bertz CT molecular complexity index is 955. The second-order valence-electron chi connectivity index (χ2n) is 5.66. The normalized spacial score (nSPS) is 17.1. The average Bonchev–Trinajstić information content (AvgIpc) is 3.09. The van der Waals surface area contributed by atoms with Gasteiger partial charge in [-0.2, -0.15) is 4.98 Å². The lowest BCUT2D eigenvalue weighted by atomic mass is 9.95. The van der Waals surface area contributed by atoms with Gasteiger partial charge in [0.2, 0.25) is 0 Å². The van der Waals surface area contributed by atoms with Crippen molar-refractivity contribution in [3.8, 4) is 0 Å². The zero-order valence-corrected chi connectivity index (χ0v) is 12.9. The van der Waals surface area contributed by atoms with Gasteiger partial charge in [-0.3, -0.25) is 14.0 Å². The molecule has 0 amide bonds. The monoisotopic (exact) mass is 310 g/mol. The molecule has 2 heterocycles. The molecule has 5 heteroatoms. The van der Waals surface area contributed by atoms with Crippen LogP contribution in [-0.4, -0.2) is 15.2 Å². The summed E-state index contributed by atoms with van der Waals surface area (Å²) in [5.74, 6) is -0.00731. The second-order valence-corrected chi connectivity index (χ2v) is 6.54. The minimum absolute atomic E-state index is 0.143. The molecule has 4 nitrogen and oxygen atoms in total. The highest BCUT2D eigenvalue weighted by Gasteiger charge is 2.31. The van der Waals surface area contributed by atoms with Crippen molar-refractivity contribution in [3.05, 3.63) is 68.6 Å². The summed E-state index contributed by atoms with van der Waals surface area (Å²) in [7, 11) is 0. The number of carbonyl (C=O) groups excluding carboxylic acids is 1. The number of aryl methyl sites for hydroxylation is 1. The van der Waals surface area contributed by atoms with Crippen molar-refractivity contribution in [1.29, 1.82) is 0 Å². The van der Waals surface area contributed by atoms with Crippen molar-refractivity contribution in [2.75, 3.05) is 0 Å². The van der Waals surface area contributed by atoms with Crippen LogP contribution < -0.4 is 5.56 Å². The first kappa shape index (κ1) is 13.4. The van der Waals surface area contributed by atoms with Crippen molar-refractivity contribution in [2.24, 2.45) is 5.92 Å². The van der Waals surface area contributed by atoms with E-state index in [0.717, 1.165) is 16.8 Å². The lowest BCUT2D eigenvalue weighted by molar-refractivity contribution is 0.0936. The van der Waals surface area contributed by atoms with Crippen LogP contribution in [0.25, 0.3) is 4.96 Å².